The molecule has 0 saturated carbocycles. The van der Waals surface area contributed by atoms with Crippen LogP contribution in [0, 0.1) is 12.8 Å². The molecule has 1 saturated heterocycles. The average molecular weight is 354 g/mol. The molecule has 1 aromatic rings. The lowest BCUT2D eigenvalue weighted by Crippen LogP contribution is -2.30. The normalized spacial score (nSPS) is 23.4. The summed E-state index contributed by atoms with van der Waals surface area (Å²) < 4.78 is 27.5. The second-order valence-electron chi connectivity index (χ2n) is 4.67. The van der Waals surface area contributed by atoms with Crippen LogP contribution in [-0.4, -0.2) is 37.0 Å². The van der Waals surface area contributed by atoms with E-state index in [0.29, 0.717) is 17.3 Å². The predicted molar refractivity (Wildman–Crippen MR) is 75.3 cm³/mol. The highest BCUT2D eigenvalue weighted by Gasteiger charge is 2.35. The topological polar surface area (TPSA) is 57.6 Å². The highest BCUT2D eigenvalue weighted by molar-refractivity contribution is 9.11. The van der Waals surface area contributed by atoms with E-state index in [2.05, 4.69) is 15.9 Å². The number of aryl methyl sites for hydroxylation is 1. The number of aliphatic hydroxyl groups excluding tert-OH is 1. The van der Waals surface area contributed by atoms with Gasteiger partial charge in [-0.25, -0.2) is 8.42 Å². The Morgan fingerprint density at radius 1 is 1.61 bits per heavy atom. The molecule has 18 heavy (non-hydrogen) atoms. The molecule has 1 aliphatic rings. The molecule has 4 nitrogen and oxygen atoms in total. The van der Waals surface area contributed by atoms with Crippen LogP contribution in [0.3, 0.4) is 0 Å². The molecule has 1 N–H and O–H groups in total. The number of aliphatic hydroxyl groups is 1. The third-order valence-electron chi connectivity index (χ3n) is 3.30. The van der Waals surface area contributed by atoms with Gasteiger partial charge in [-0.05, 0) is 53.7 Å². The Morgan fingerprint density at radius 3 is 2.72 bits per heavy atom. The lowest BCUT2D eigenvalue weighted by molar-refractivity contribution is 0.133. The molecule has 7 heteroatoms. The van der Waals surface area contributed by atoms with Crippen molar-refractivity contribution in [1.29, 1.82) is 0 Å². The summed E-state index contributed by atoms with van der Waals surface area (Å²) in [6.45, 7) is 4.50. The maximum atomic E-state index is 12.4. The van der Waals surface area contributed by atoms with E-state index in [9.17, 15) is 13.5 Å². The molecule has 0 aromatic carbocycles. The van der Waals surface area contributed by atoms with Crippen LogP contribution in [0.4, 0.5) is 0 Å². The van der Waals surface area contributed by atoms with Gasteiger partial charge in [0, 0.05) is 13.1 Å². The minimum atomic E-state index is -3.40. The van der Waals surface area contributed by atoms with E-state index in [1.807, 2.05) is 6.92 Å². The van der Waals surface area contributed by atoms with E-state index < -0.39 is 16.1 Å². The molecule has 0 aliphatic carbocycles. The van der Waals surface area contributed by atoms with E-state index in [0.717, 1.165) is 15.8 Å². The van der Waals surface area contributed by atoms with Gasteiger partial charge in [0.15, 0.2) is 0 Å². The summed E-state index contributed by atoms with van der Waals surface area (Å²) in [5.41, 5.74) is 0.935. The maximum absolute atomic E-state index is 12.4. The Labute approximate surface area is 120 Å². The van der Waals surface area contributed by atoms with Gasteiger partial charge in [-0.15, -0.1) is 11.3 Å². The Hall–Kier alpha value is 0.0500. The highest BCUT2D eigenvalue weighted by Crippen LogP contribution is 2.34. The number of halogens is 1. The zero-order chi connectivity index (χ0) is 13.5. The number of sulfonamides is 1. The first kappa shape index (κ1) is 14.5. The average Bonchev–Trinajstić information content (AvgIpc) is 2.87. The van der Waals surface area contributed by atoms with Crippen molar-refractivity contribution in [3.63, 3.8) is 0 Å². The molecule has 0 bridgehead atoms. The van der Waals surface area contributed by atoms with Gasteiger partial charge in [-0.1, -0.05) is 0 Å². The van der Waals surface area contributed by atoms with Crippen LogP contribution in [0.1, 0.15) is 18.9 Å². The van der Waals surface area contributed by atoms with Gasteiger partial charge in [0.1, 0.15) is 4.21 Å². The first-order chi connectivity index (χ1) is 8.32. The monoisotopic (exact) mass is 353 g/mol. The van der Waals surface area contributed by atoms with Gasteiger partial charge in [0.2, 0.25) is 0 Å². The minimum Gasteiger partial charge on any atom is -0.393 e. The smallest absolute Gasteiger partial charge is 0.252 e. The maximum Gasteiger partial charge on any atom is 0.252 e. The molecule has 0 radical (unpaired) electrons. The molecule has 1 fully saturated rings. The summed E-state index contributed by atoms with van der Waals surface area (Å²) in [5, 5.41) is 9.53. The van der Waals surface area contributed by atoms with E-state index in [1.165, 1.54) is 15.6 Å². The summed E-state index contributed by atoms with van der Waals surface area (Å²) in [4.78, 5) is 0. The quantitative estimate of drug-likeness (QED) is 0.906. The summed E-state index contributed by atoms with van der Waals surface area (Å²) in [6, 6.07) is 1.69. The SMILES string of the molecule is Cc1cc(S(=O)(=O)N2CCC(C(C)O)C2)sc1Br. The zero-order valence-corrected chi connectivity index (χ0v) is 13.5. The Balaban J connectivity index is 2.23. The number of hydrogen-bond donors (Lipinski definition) is 1. The van der Waals surface area contributed by atoms with Crippen LogP contribution in [0.2, 0.25) is 0 Å². The molecular weight excluding hydrogens is 338 g/mol. The van der Waals surface area contributed by atoms with Crippen LogP contribution in [-0.2, 0) is 10.0 Å². The fourth-order valence-corrected chi connectivity index (χ4v) is 5.94. The van der Waals surface area contributed by atoms with Crippen molar-refractivity contribution in [2.75, 3.05) is 13.1 Å². The van der Waals surface area contributed by atoms with Crippen molar-refractivity contribution < 1.29 is 13.5 Å². The number of thiophene rings is 1. The first-order valence-corrected chi connectivity index (χ1v) is 8.81. The molecule has 102 valence electrons. The van der Waals surface area contributed by atoms with Gasteiger partial charge in [0.05, 0.1) is 9.89 Å². The van der Waals surface area contributed by atoms with Crippen LogP contribution in [0.5, 0.6) is 0 Å². The molecule has 2 unspecified atom stereocenters. The predicted octanol–water partition coefficient (Wildman–Crippen LogP) is 2.21. The van der Waals surface area contributed by atoms with Crippen LogP contribution < -0.4 is 0 Å². The fraction of sp³-hybridized carbons (Fsp3) is 0.636. The number of hydrogen-bond acceptors (Lipinski definition) is 4. The molecular formula is C11H16BrNO3S2. The van der Waals surface area contributed by atoms with Crippen LogP contribution in [0.15, 0.2) is 14.1 Å². The van der Waals surface area contributed by atoms with Crippen molar-refractivity contribution in [3.8, 4) is 0 Å². The van der Waals surface area contributed by atoms with Crippen molar-refractivity contribution in [3.05, 3.63) is 15.4 Å². The summed E-state index contributed by atoms with van der Waals surface area (Å²) in [6.07, 6.45) is 0.268. The second-order valence-corrected chi connectivity index (χ2v) is 9.21. The Kier molecular flexibility index (Phi) is 4.18. The molecule has 2 heterocycles. The van der Waals surface area contributed by atoms with Crippen molar-refractivity contribution in [2.24, 2.45) is 5.92 Å². The molecule has 1 aliphatic heterocycles. The van der Waals surface area contributed by atoms with Crippen LogP contribution >= 0.6 is 27.3 Å². The molecule has 2 atom stereocenters. The van der Waals surface area contributed by atoms with Gasteiger partial charge in [-0.3, -0.25) is 0 Å². The van der Waals surface area contributed by atoms with Crippen molar-refractivity contribution in [1.82, 2.24) is 4.31 Å². The fourth-order valence-electron chi connectivity index (χ4n) is 2.05. The van der Waals surface area contributed by atoms with E-state index in [4.69, 9.17) is 0 Å². The van der Waals surface area contributed by atoms with Crippen molar-refractivity contribution in [2.45, 2.75) is 30.6 Å². The van der Waals surface area contributed by atoms with E-state index in [1.54, 1.807) is 13.0 Å². The minimum absolute atomic E-state index is 0.0456. The molecule has 0 amide bonds. The second kappa shape index (κ2) is 5.20. The Morgan fingerprint density at radius 2 is 2.28 bits per heavy atom. The van der Waals surface area contributed by atoms with Crippen LogP contribution in [0.25, 0.3) is 0 Å². The number of nitrogens with zero attached hydrogens (tertiary/aromatic N) is 1. The Bertz CT molecular complexity index is 519. The lowest BCUT2D eigenvalue weighted by Gasteiger charge is -2.16. The van der Waals surface area contributed by atoms with Gasteiger partial charge in [0.25, 0.3) is 10.0 Å². The third kappa shape index (κ3) is 2.65. The number of rotatable bonds is 3. The van der Waals surface area contributed by atoms with Gasteiger partial charge >= 0.3 is 0 Å². The van der Waals surface area contributed by atoms with Crippen molar-refractivity contribution >= 4 is 37.3 Å². The largest absolute Gasteiger partial charge is 0.393 e. The molecule has 0 spiro atoms. The summed E-state index contributed by atoms with van der Waals surface area (Å²) in [7, 11) is -3.40. The summed E-state index contributed by atoms with van der Waals surface area (Å²) >= 11 is 4.59. The lowest BCUT2D eigenvalue weighted by atomic mass is 10.0. The first-order valence-electron chi connectivity index (χ1n) is 5.76. The van der Waals surface area contributed by atoms with E-state index >= 15 is 0 Å². The van der Waals surface area contributed by atoms with E-state index in [-0.39, 0.29) is 5.92 Å². The third-order valence-corrected chi connectivity index (χ3v) is 7.75. The zero-order valence-electron chi connectivity index (χ0n) is 10.3. The molecule has 1 aromatic heterocycles. The standard InChI is InChI=1S/C11H16BrNO3S2/c1-7-5-10(17-11(7)12)18(15,16)13-4-3-9(6-13)8(2)14/h5,8-9,14H,3-4,6H2,1-2H3. The molecule has 2 rings (SSSR count). The van der Waals surface area contributed by atoms with Gasteiger partial charge < -0.3 is 5.11 Å². The summed E-state index contributed by atoms with van der Waals surface area (Å²) in [5.74, 6) is 0.0456. The highest BCUT2D eigenvalue weighted by atomic mass is 79.9. The van der Waals surface area contributed by atoms with Gasteiger partial charge in [-0.2, -0.15) is 4.31 Å².